The lowest BCUT2D eigenvalue weighted by Gasteiger charge is -2.11. The molecule has 0 aliphatic heterocycles. The molecule has 2 aromatic heterocycles. The monoisotopic (exact) mass is 485 g/mol. The van der Waals surface area contributed by atoms with E-state index in [4.69, 9.17) is 0 Å². The lowest BCUT2D eigenvalue weighted by molar-refractivity contribution is 0.867. The average Bonchev–Trinajstić information content (AvgIpc) is 3.09. The number of aromatic nitrogens is 2. The van der Waals surface area contributed by atoms with Crippen molar-refractivity contribution in [1.82, 2.24) is 9.97 Å². The van der Waals surface area contributed by atoms with E-state index in [9.17, 15) is 0 Å². The first-order chi connectivity index (χ1) is 13.0. The summed E-state index contributed by atoms with van der Waals surface area (Å²) in [4.78, 5) is 10.0. The number of nitrogens with one attached hydrogen (secondary N) is 1. The molecule has 0 radical (unpaired) electrons. The number of hydrogen-bond donors (Lipinski definition) is 1. The van der Waals surface area contributed by atoms with Crippen LogP contribution in [0.3, 0.4) is 0 Å². The van der Waals surface area contributed by atoms with Crippen LogP contribution in [0, 0.1) is 10.5 Å². The Balaban J connectivity index is 1.79. The van der Waals surface area contributed by atoms with Gasteiger partial charge in [0.05, 0.1) is 5.39 Å². The van der Waals surface area contributed by atoms with E-state index in [1.165, 1.54) is 25.8 Å². The number of rotatable bonds is 4. The molecule has 136 valence electrons. The van der Waals surface area contributed by atoms with E-state index >= 15 is 0 Å². The van der Waals surface area contributed by atoms with Crippen LogP contribution < -0.4 is 5.32 Å². The first-order valence-corrected chi connectivity index (χ1v) is 10.8. The zero-order valence-electron chi connectivity index (χ0n) is 15.5. The Hall–Kier alpha value is -1.99. The molecule has 5 heteroatoms. The van der Waals surface area contributed by atoms with Crippen LogP contribution in [-0.4, -0.2) is 9.97 Å². The fraction of sp³-hybridized carbons (Fsp3) is 0.182. The Morgan fingerprint density at radius 1 is 1.04 bits per heavy atom. The Kier molecular flexibility index (Phi) is 5.14. The summed E-state index contributed by atoms with van der Waals surface area (Å²) in [6.07, 6.45) is 1.63. The highest BCUT2D eigenvalue weighted by Gasteiger charge is 2.14. The summed E-state index contributed by atoms with van der Waals surface area (Å²) >= 11 is 3.99. The second-order valence-electron chi connectivity index (χ2n) is 6.91. The van der Waals surface area contributed by atoms with Crippen LogP contribution in [0.5, 0.6) is 0 Å². The van der Waals surface area contributed by atoms with Crippen molar-refractivity contribution in [2.24, 2.45) is 0 Å². The van der Waals surface area contributed by atoms with E-state index in [1.54, 1.807) is 17.7 Å². The van der Waals surface area contributed by atoms with Gasteiger partial charge in [0.15, 0.2) is 0 Å². The summed E-state index contributed by atoms with van der Waals surface area (Å²) in [5.74, 6) is 1.39. The Bertz CT molecular complexity index is 1100. The van der Waals surface area contributed by atoms with Crippen molar-refractivity contribution in [3.63, 3.8) is 0 Å². The third-order valence-electron chi connectivity index (χ3n) is 4.70. The van der Waals surface area contributed by atoms with Gasteiger partial charge in [0.25, 0.3) is 0 Å². The van der Waals surface area contributed by atoms with E-state index < -0.39 is 0 Å². The van der Waals surface area contributed by atoms with Gasteiger partial charge in [-0.25, -0.2) is 9.97 Å². The molecule has 4 rings (SSSR count). The molecule has 2 heterocycles. The van der Waals surface area contributed by atoms with Gasteiger partial charge >= 0.3 is 0 Å². The molecule has 0 aliphatic rings. The molecule has 0 fully saturated rings. The van der Waals surface area contributed by atoms with Gasteiger partial charge in [0, 0.05) is 20.2 Å². The number of aryl methyl sites for hydroxylation is 1. The molecule has 0 aliphatic carbocycles. The van der Waals surface area contributed by atoms with Crippen molar-refractivity contribution in [1.29, 1.82) is 0 Å². The van der Waals surface area contributed by atoms with Gasteiger partial charge in [-0.05, 0) is 70.3 Å². The normalized spacial score (nSPS) is 11.3. The SMILES string of the molecule is Cc1cc(I)ccc1Nc1ncnc2scc(-c3ccc(C(C)C)cc3)c12. The third-order valence-corrected chi connectivity index (χ3v) is 6.26. The molecule has 0 bridgehead atoms. The first kappa shape index (κ1) is 18.4. The summed E-state index contributed by atoms with van der Waals surface area (Å²) in [6, 6.07) is 15.2. The van der Waals surface area contributed by atoms with E-state index in [0.717, 1.165) is 21.7 Å². The van der Waals surface area contributed by atoms with Crippen molar-refractivity contribution >= 4 is 55.6 Å². The van der Waals surface area contributed by atoms with Crippen LogP contribution in [0.15, 0.2) is 54.2 Å². The maximum absolute atomic E-state index is 4.55. The second kappa shape index (κ2) is 7.56. The predicted octanol–water partition coefficient (Wildman–Crippen LogP) is 7.14. The summed E-state index contributed by atoms with van der Waals surface area (Å²) in [6.45, 7) is 6.55. The van der Waals surface area contributed by atoms with Crippen molar-refractivity contribution in [2.75, 3.05) is 5.32 Å². The molecule has 0 saturated heterocycles. The van der Waals surface area contributed by atoms with Crippen molar-refractivity contribution in [2.45, 2.75) is 26.7 Å². The molecule has 0 saturated carbocycles. The Morgan fingerprint density at radius 3 is 2.52 bits per heavy atom. The molecular weight excluding hydrogens is 465 g/mol. The standard InChI is InChI=1S/C22H20IN3S/c1-13(2)15-4-6-16(7-5-15)18-11-27-22-20(18)21(24-12-25-22)26-19-9-8-17(23)10-14(19)3/h4-13H,1-3H3,(H,24,25,26). The maximum Gasteiger partial charge on any atom is 0.143 e. The van der Waals surface area contributed by atoms with Crippen molar-refractivity contribution in [3.8, 4) is 11.1 Å². The molecule has 1 N–H and O–H groups in total. The second-order valence-corrected chi connectivity index (χ2v) is 9.02. The molecular formula is C22H20IN3S. The van der Waals surface area contributed by atoms with Crippen molar-refractivity contribution < 1.29 is 0 Å². The highest BCUT2D eigenvalue weighted by atomic mass is 127. The summed E-state index contributed by atoms with van der Waals surface area (Å²) in [5.41, 5.74) is 6.00. The fourth-order valence-electron chi connectivity index (χ4n) is 3.12. The minimum atomic E-state index is 0.530. The van der Waals surface area contributed by atoms with Gasteiger partial charge in [-0.1, -0.05) is 38.1 Å². The van der Waals surface area contributed by atoms with Gasteiger partial charge in [0.1, 0.15) is 17.0 Å². The minimum Gasteiger partial charge on any atom is -0.339 e. The molecule has 27 heavy (non-hydrogen) atoms. The van der Waals surface area contributed by atoms with Gasteiger partial charge in [-0.15, -0.1) is 11.3 Å². The summed E-state index contributed by atoms with van der Waals surface area (Å²) in [5, 5.41) is 6.78. The lowest BCUT2D eigenvalue weighted by Crippen LogP contribution is -1.97. The Morgan fingerprint density at radius 2 is 1.81 bits per heavy atom. The lowest BCUT2D eigenvalue weighted by atomic mass is 9.99. The number of nitrogens with zero attached hydrogens (tertiary/aromatic N) is 2. The number of thiophene rings is 1. The quantitative estimate of drug-likeness (QED) is 0.312. The van der Waals surface area contributed by atoms with E-state index in [0.29, 0.717) is 5.92 Å². The molecule has 3 nitrogen and oxygen atoms in total. The van der Waals surface area contributed by atoms with Gasteiger partial charge in [0.2, 0.25) is 0 Å². The molecule has 0 spiro atoms. The third kappa shape index (κ3) is 3.71. The highest BCUT2D eigenvalue weighted by molar-refractivity contribution is 14.1. The van der Waals surface area contributed by atoms with Crippen LogP contribution in [0.25, 0.3) is 21.3 Å². The van der Waals surface area contributed by atoms with E-state index in [-0.39, 0.29) is 0 Å². The van der Waals surface area contributed by atoms with Gasteiger partial charge < -0.3 is 5.32 Å². The number of benzene rings is 2. The zero-order valence-corrected chi connectivity index (χ0v) is 18.4. The van der Waals surface area contributed by atoms with Gasteiger partial charge in [-0.2, -0.15) is 0 Å². The number of fused-ring (bicyclic) bond motifs is 1. The molecule has 0 amide bonds. The Labute approximate surface area is 177 Å². The number of anilines is 2. The van der Waals surface area contributed by atoms with Crippen molar-refractivity contribution in [3.05, 3.63) is 68.9 Å². The van der Waals surface area contributed by atoms with Crippen LogP contribution >= 0.6 is 33.9 Å². The maximum atomic E-state index is 4.55. The molecule has 0 unspecified atom stereocenters. The number of halogens is 1. The van der Waals surface area contributed by atoms with E-state index in [2.05, 4.69) is 106 Å². The number of hydrogen-bond acceptors (Lipinski definition) is 4. The predicted molar refractivity (Wildman–Crippen MR) is 124 cm³/mol. The van der Waals surface area contributed by atoms with Crippen LogP contribution in [0.2, 0.25) is 0 Å². The first-order valence-electron chi connectivity index (χ1n) is 8.88. The topological polar surface area (TPSA) is 37.8 Å². The molecule has 2 aromatic carbocycles. The fourth-order valence-corrected chi connectivity index (χ4v) is 4.69. The largest absolute Gasteiger partial charge is 0.339 e. The zero-order chi connectivity index (χ0) is 19.0. The van der Waals surface area contributed by atoms with E-state index in [1.807, 2.05) is 0 Å². The van der Waals surface area contributed by atoms with Crippen LogP contribution in [0.4, 0.5) is 11.5 Å². The molecule has 4 aromatic rings. The summed E-state index contributed by atoms with van der Waals surface area (Å²) < 4.78 is 1.23. The van der Waals surface area contributed by atoms with Crippen LogP contribution in [0.1, 0.15) is 30.9 Å². The smallest absolute Gasteiger partial charge is 0.143 e. The average molecular weight is 485 g/mol. The minimum absolute atomic E-state index is 0.530. The summed E-state index contributed by atoms with van der Waals surface area (Å²) in [7, 11) is 0. The van der Waals surface area contributed by atoms with Crippen LogP contribution in [-0.2, 0) is 0 Å². The molecule has 0 atom stereocenters. The van der Waals surface area contributed by atoms with Gasteiger partial charge in [-0.3, -0.25) is 0 Å². The highest BCUT2D eigenvalue weighted by Crippen LogP contribution is 2.38.